The van der Waals surface area contributed by atoms with Gasteiger partial charge in [-0.3, -0.25) is 14.6 Å². The zero-order valence-corrected chi connectivity index (χ0v) is 17.4. The van der Waals surface area contributed by atoms with Crippen molar-refractivity contribution in [3.05, 3.63) is 65.5 Å². The number of aromatic nitrogens is 1. The van der Waals surface area contributed by atoms with Gasteiger partial charge in [-0.1, -0.05) is 19.9 Å². The SMILES string of the molecule is COCCN1C(=O)C(=O)/C(=C(/O)c2ccc(OCC(C)C)cc2)C1c1cccnc1. The third-order valence-electron chi connectivity index (χ3n) is 4.79. The summed E-state index contributed by atoms with van der Waals surface area (Å²) in [6, 6.07) is 9.59. The van der Waals surface area contributed by atoms with Crippen LogP contribution in [0.2, 0.25) is 0 Å². The number of hydrogen-bond acceptors (Lipinski definition) is 6. The highest BCUT2D eigenvalue weighted by Gasteiger charge is 2.45. The lowest BCUT2D eigenvalue weighted by atomic mass is 9.96. The Hall–Kier alpha value is -3.19. The summed E-state index contributed by atoms with van der Waals surface area (Å²) < 4.78 is 10.8. The summed E-state index contributed by atoms with van der Waals surface area (Å²) in [7, 11) is 1.53. The smallest absolute Gasteiger partial charge is 0.295 e. The van der Waals surface area contributed by atoms with Gasteiger partial charge in [0.05, 0.1) is 24.8 Å². The molecule has 0 aliphatic carbocycles. The third kappa shape index (κ3) is 4.52. The van der Waals surface area contributed by atoms with Crippen molar-refractivity contribution in [2.75, 3.05) is 26.9 Å². The predicted molar refractivity (Wildman–Crippen MR) is 112 cm³/mol. The minimum Gasteiger partial charge on any atom is -0.507 e. The molecule has 30 heavy (non-hydrogen) atoms. The van der Waals surface area contributed by atoms with Gasteiger partial charge in [0.2, 0.25) is 0 Å². The number of pyridine rings is 1. The van der Waals surface area contributed by atoms with Crippen molar-refractivity contribution < 1.29 is 24.2 Å². The van der Waals surface area contributed by atoms with E-state index in [-0.39, 0.29) is 24.5 Å². The number of benzene rings is 1. The summed E-state index contributed by atoms with van der Waals surface area (Å²) >= 11 is 0. The number of carbonyl (C=O) groups is 2. The molecule has 1 aromatic heterocycles. The van der Waals surface area contributed by atoms with Crippen LogP contribution in [0.5, 0.6) is 5.75 Å². The van der Waals surface area contributed by atoms with Crippen LogP contribution >= 0.6 is 0 Å². The third-order valence-corrected chi connectivity index (χ3v) is 4.79. The van der Waals surface area contributed by atoms with Gasteiger partial charge in [-0.05, 0) is 41.8 Å². The fourth-order valence-electron chi connectivity index (χ4n) is 3.31. The van der Waals surface area contributed by atoms with Gasteiger partial charge in [-0.15, -0.1) is 0 Å². The van der Waals surface area contributed by atoms with Crippen LogP contribution in [0.15, 0.2) is 54.4 Å². The van der Waals surface area contributed by atoms with Crippen molar-refractivity contribution in [1.29, 1.82) is 0 Å². The van der Waals surface area contributed by atoms with Crippen molar-refractivity contribution in [3.8, 4) is 5.75 Å². The number of amides is 1. The van der Waals surface area contributed by atoms with Gasteiger partial charge in [0.25, 0.3) is 11.7 Å². The molecule has 3 rings (SSSR count). The van der Waals surface area contributed by atoms with Gasteiger partial charge < -0.3 is 19.5 Å². The number of carbonyl (C=O) groups excluding carboxylic acids is 2. The Balaban J connectivity index is 2.00. The first-order valence-electron chi connectivity index (χ1n) is 9.84. The summed E-state index contributed by atoms with van der Waals surface area (Å²) in [4.78, 5) is 31.0. The first-order valence-corrected chi connectivity index (χ1v) is 9.84. The second kappa shape index (κ2) is 9.54. The fraction of sp³-hybridized carbons (Fsp3) is 0.348. The second-order valence-corrected chi connectivity index (χ2v) is 7.50. The Morgan fingerprint density at radius 2 is 1.93 bits per heavy atom. The van der Waals surface area contributed by atoms with Gasteiger partial charge in [-0.2, -0.15) is 0 Å². The molecule has 7 nitrogen and oxygen atoms in total. The summed E-state index contributed by atoms with van der Waals surface area (Å²) in [6.45, 7) is 5.19. The molecule has 0 saturated carbocycles. The van der Waals surface area contributed by atoms with E-state index in [4.69, 9.17) is 9.47 Å². The van der Waals surface area contributed by atoms with Crippen molar-refractivity contribution >= 4 is 17.4 Å². The number of Topliss-reactive ketones (excluding diaryl/α,β-unsaturated/α-hetero) is 1. The van der Waals surface area contributed by atoms with Crippen LogP contribution in [0, 0.1) is 5.92 Å². The molecule has 1 N–H and O–H groups in total. The molecule has 1 saturated heterocycles. The molecule has 158 valence electrons. The Bertz CT molecular complexity index is 922. The van der Waals surface area contributed by atoms with E-state index >= 15 is 0 Å². The molecule has 1 aliphatic heterocycles. The van der Waals surface area contributed by atoms with Crippen molar-refractivity contribution in [3.63, 3.8) is 0 Å². The number of ether oxygens (including phenoxy) is 2. The van der Waals surface area contributed by atoms with Crippen molar-refractivity contribution in [1.82, 2.24) is 9.88 Å². The van der Waals surface area contributed by atoms with E-state index < -0.39 is 17.7 Å². The number of hydrogen-bond donors (Lipinski definition) is 1. The minimum atomic E-state index is -0.731. The highest BCUT2D eigenvalue weighted by Crippen LogP contribution is 2.39. The summed E-state index contributed by atoms with van der Waals surface area (Å²) in [5.41, 5.74) is 1.12. The Kier molecular flexibility index (Phi) is 6.84. The van der Waals surface area contributed by atoms with Crippen LogP contribution < -0.4 is 4.74 Å². The number of ketones is 1. The largest absolute Gasteiger partial charge is 0.507 e. The summed E-state index contributed by atoms with van der Waals surface area (Å²) in [6.07, 6.45) is 3.20. The topological polar surface area (TPSA) is 89.0 Å². The number of nitrogens with zero attached hydrogens (tertiary/aromatic N) is 2. The average molecular weight is 410 g/mol. The molecule has 0 bridgehead atoms. The van der Waals surface area contributed by atoms with Crippen LogP contribution in [0.3, 0.4) is 0 Å². The number of aliphatic hydroxyl groups is 1. The molecule has 7 heteroatoms. The fourth-order valence-corrected chi connectivity index (χ4v) is 3.31. The molecule has 1 atom stereocenters. The monoisotopic (exact) mass is 410 g/mol. The number of methoxy groups -OCH3 is 1. The molecular weight excluding hydrogens is 384 g/mol. The summed E-state index contributed by atoms with van der Waals surface area (Å²) in [5, 5.41) is 11.0. The lowest BCUT2D eigenvalue weighted by Crippen LogP contribution is -2.32. The standard InChI is InChI=1S/C23H26N2O5/c1-15(2)14-30-18-8-6-16(7-9-18)21(26)19-20(17-5-4-10-24-13-17)25(11-12-29-3)23(28)22(19)27/h4-10,13,15,20,26H,11-12,14H2,1-3H3/b21-19+. The maximum atomic E-state index is 12.8. The highest BCUT2D eigenvalue weighted by atomic mass is 16.5. The normalized spacial score (nSPS) is 18.3. The molecule has 1 fully saturated rings. The van der Waals surface area contributed by atoms with E-state index in [9.17, 15) is 14.7 Å². The molecule has 1 unspecified atom stereocenters. The molecule has 1 aliphatic rings. The minimum absolute atomic E-state index is 0.0416. The lowest BCUT2D eigenvalue weighted by molar-refractivity contribution is -0.140. The van der Waals surface area contributed by atoms with Crippen molar-refractivity contribution in [2.45, 2.75) is 19.9 Å². The van der Waals surface area contributed by atoms with E-state index in [1.54, 1.807) is 48.8 Å². The van der Waals surface area contributed by atoms with E-state index in [0.29, 0.717) is 29.4 Å². The molecule has 0 spiro atoms. The molecule has 1 amide bonds. The second-order valence-electron chi connectivity index (χ2n) is 7.50. The van der Waals surface area contributed by atoms with Gasteiger partial charge in [0, 0.05) is 31.6 Å². The molecule has 2 aromatic rings. The van der Waals surface area contributed by atoms with Crippen LogP contribution in [0.4, 0.5) is 0 Å². The molecule has 0 radical (unpaired) electrons. The molecule has 2 heterocycles. The van der Waals surface area contributed by atoms with Crippen LogP contribution in [0.25, 0.3) is 5.76 Å². The quantitative estimate of drug-likeness (QED) is 0.408. The van der Waals surface area contributed by atoms with Crippen LogP contribution in [0.1, 0.15) is 31.0 Å². The Morgan fingerprint density at radius 3 is 2.53 bits per heavy atom. The van der Waals surface area contributed by atoms with E-state index in [2.05, 4.69) is 18.8 Å². The highest BCUT2D eigenvalue weighted by molar-refractivity contribution is 6.46. The maximum absolute atomic E-state index is 12.8. The zero-order chi connectivity index (χ0) is 21.7. The van der Waals surface area contributed by atoms with E-state index in [0.717, 1.165) is 0 Å². The first-order chi connectivity index (χ1) is 14.4. The lowest BCUT2D eigenvalue weighted by Gasteiger charge is -2.24. The molecular formula is C23H26N2O5. The van der Waals surface area contributed by atoms with Gasteiger partial charge in [0.1, 0.15) is 11.5 Å². The zero-order valence-electron chi connectivity index (χ0n) is 17.4. The van der Waals surface area contributed by atoms with Crippen molar-refractivity contribution in [2.24, 2.45) is 5.92 Å². The van der Waals surface area contributed by atoms with Gasteiger partial charge in [-0.25, -0.2) is 0 Å². The van der Waals surface area contributed by atoms with E-state index in [1.165, 1.54) is 12.0 Å². The number of likely N-dealkylation sites (tertiary alicyclic amines) is 1. The average Bonchev–Trinajstić information content (AvgIpc) is 3.01. The van der Waals surface area contributed by atoms with Gasteiger partial charge >= 0.3 is 0 Å². The van der Waals surface area contributed by atoms with E-state index in [1.807, 2.05) is 0 Å². The van der Waals surface area contributed by atoms with Gasteiger partial charge in [0.15, 0.2) is 0 Å². The maximum Gasteiger partial charge on any atom is 0.295 e. The Morgan fingerprint density at radius 1 is 1.20 bits per heavy atom. The predicted octanol–water partition coefficient (Wildman–Crippen LogP) is 3.18. The molecule has 1 aromatic carbocycles. The number of rotatable bonds is 8. The number of aliphatic hydroxyl groups excluding tert-OH is 1. The first kappa shape index (κ1) is 21.5. The van der Waals surface area contributed by atoms with Crippen LogP contribution in [-0.2, 0) is 14.3 Å². The summed E-state index contributed by atoms with van der Waals surface area (Å²) in [5.74, 6) is -0.556. The van der Waals surface area contributed by atoms with Crippen LogP contribution in [-0.4, -0.2) is 53.5 Å². The Labute approximate surface area is 175 Å².